The molecule has 0 bridgehead atoms. The third-order valence-corrected chi connectivity index (χ3v) is 3.01. The normalized spacial score (nSPS) is 18.6. The maximum Gasteiger partial charge on any atom is 0.319 e. The number of carbonyl (C=O) groups is 2. The average Bonchev–Trinajstić information content (AvgIpc) is 2.36. The molecule has 1 fully saturated rings. The van der Waals surface area contributed by atoms with E-state index in [1.807, 2.05) is 0 Å². The predicted molar refractivity (Wildman–Crippen MR) is 69.6 cm³/mol. The molecule has 1 saturated heterocycles. The van der Waals surface area contributed by atoms with Crippen LogP contribution in [0.5, 0.6) is 0 Å². The van der Waals surface area contributed by atoms with Gasteiger partial charge in [-0.15, -0.1) is 0 Å². The van der Waals surface area contributed by atoms with Crippen molar-refractivity contribution in [1.82, 2.24) is 10.6 Å². The van der Waals surface area contributed by atoms with E-state index in [2.05, 4.69) is 16.0 Å². The van der Waals surface area contributed by atoms with Crippen LogP contribution >= 0.6 is 11.6 Å². The summed E-state index contributed by atoms with van der Waals surface area (Å²) in [6.45, 7) is 0.616. The average molecular weight is 286 g/mol. The molecule has 0 spiro atoms. The van der Waals surface area contributed by atoms with E-state index >= 15 is 0 Å². The summed E-state index contributed by atoms with van der Waals surface area (Å²) >= 11 is 5.61. The first-order chi connectivity index (χ1) is 9.06. The van der Waals surface area contributed by atoms with Gasteiger partial charge in [-0.2, -0.15) is 0 Å². The summed E-state index contributed by atoms with van der Waals surface area (Å²) in [5.41, 5.74) is 0.0121. The number of piperidine rings is 1. The zero-order valence-electron chi connectivity index (χ0n) is 10.0. The minimum Gasteiger partial charge on any atom is -0.354 e. The predicted octanol–water partition coefficient (Wildman–Crippen LogP) is 1.88. The van der Waals surface area contributed by atoms with Crippen molar-refractivity contribution in [3.05, 3.63) is 29.0 Å². The van der Waals surface area contributed by atoms with Crippen molar-refractivity contribution < 1.29 is 14.0 Å². The fraction of sp³-hybridized carbons (Fsp3) is 0.333. The number of rotatable bonds is 2. The van der Waals surface area contributed by atoms with Gasteiger partial charge in [0.05, 0.1) is 5.69 Å². The zero-order valence-corrected chi connectivity index (χ0v) is 10.8. The molecule has 2 rings (SSSR count). The van der Waals surface area contributed by atoms with Crippen molar-refractivity contribution in [2.24, 2.45) is 0 Å². The molecule has 5 nitrogen and oxygen atoms in total. The molecule has 1 aromatic carbocycles. The Morgan fingerprint density at radius 1 is 1.47 bits per heavy atom. The topological polar surface area (TPSA) is 70.2 Å². The molecular weight excluding hydrogens is 273 g/mol. The Bertz CT molecular complexity index is 510. The highest BCUT2D eigenvalue weighted by molar-refractivity contribution is 6.30. The number of amides is 3. The van der Waals surface area contributed by atoms with Gasteiger partial charge in [-0.3, -0.25) is 4.79 Å². The summed E-state index contributed by atoms with van der Waals surface area (Å²) in [6.07, 6.45) is 1.37. The molecule has 1 heterocycles. The molecule has 0 aromatic heterocycles. The fourth-order valence-corrected chi connectivity index (χ4v) is 1.98. The molecule has 1 aliphatic rings. The van der Waals surface area contributed by atoms with Crippen molar-refractivity contribution in [2.45, 2.75) is 18.9 Å². The van der Waals surface area contributed by atoms with Gasteiger partial charge < -0.3 is 16.0 Å². The van der Waals surface area contributed by atoms with E-state index in [-0.39, 0.29) is 16.6 Å². The van der Waals surface area contributed by atoms with E-state index in [1.165, 1.54) is 12.1 Å². The van der Waals surface area contributed by atoms with Crippen LogP contribution in [0.2, 0.25) is 5.02 Å². The molecule has 1 atom stereocenters. The fourth-order valence-electron chi connectivity index (χ4n) is 1.82. The summed E-state index contributed by atoms with van der Waals surface area (Å²) in [7, 11) is 0. The third kappa shape index (κ3) is 3.57. The number of hydrogen-bond acceptors (Lipinski definition) is 2. The summed E-state index contributed by atoms with van der Waals surface area (Å²) in [5.74, 6) is -0.853. The largest absolute Gasteiger partial charge is 0.354 e. The molecule has 3 N–H and O–H groups in total. The van der Waals surface area contributed by atoms with Crippen LogP contribution in [0, 0.1) is 5.82 Å². The van der Waals surface area contributed by atoms with Gasteiger partial charge in [0.15, 0.2) is 0 Å². The Labute approximate surface area is 114 Å². The van der Waals surface area contributed by atoms with Crippen LogP contribution in [0.25, 0.3) is 0 Å². The van der Waals surface area contributed by atoms with Gasteiger partial charge in [0.1, 0.15) is 11.9 Å². The number of nitrogens with one attached hydrogen (secondary N) is 3. The van der Waals surface area contributed by atoms with Gasteiger partial charge in [-0.25, -0.2) is 9.18 Å². The highest BCUT2D eigenvalue weighted by Crippen LogP contribution is 2.18. The molecular formula is C12H13ClFN3O2. The minimum atomic E-state index is -0.629. The van der Waals surface area contributed by atoms with Crippen molar-refractivity contribution in [3.63, 3.8) is 0 Å². The second-order valence-electron chi connectivity index (χ2n) is 4.21. The lowest BCUT2D eigenvalue weighted by atomic mass is 10.1. The van der Waals surface area contributed by atoms with Crippen LogP contribution in [0.15, 0.2) is 18.2 Å². The lowest BCUT2D eigenvalue weighted by molar-refractivity contribution is -0.124. The second kappa shape index (κ2) is 5.88. The monoisotopic (exact) mass is 285 g/mol. The van der Waals surface area contributed by atoms with Crippen molar-refractivity contribution in [3.8, 4) is 0 Å². The highest BCUT2D eigenvalue weighted by atomic mass is 35.5. The molecule has 19 heavy (non-hydrogen) atoms. The Morgan fingerprint density at radius 3 is 2.95 bits per heavy atom. The first kappa shape index (κ1) is 13.6. The van der Waals surface area contributed by atoms with E-state index in [9.17, 15) is 14.0 Å². The summed E-state index contributed by atoms with van der Waals surface area (Å²) < 4.78 is 13.5. The summed E-state index contributed by atoms with van der Waals surface area (Å²) in [6, 6.07) is 2.73. The number of urea groups is 1. The third-order valence-electron chi connectivity index (χ3n) is 2.77. The van der Waals surface area contributed by atoms with Crippen LogP contribution in [0.4, 0.5) is 14.9 Å². The number of anilines is 1. The maximum absolute atomic E-state index is 13.5. The van der Waals surface area contributed by atoms with Gasteiger partial charge in [0, 0.05) is 11.6 Å². The smallest absolute Gasteiger partial charge is 0.319 e. The SMILES string of the molecule is O=C(Nc1ccc(Cl)cc1F)N[C@@H]1CCCNC1=O. The van der Waals surface area contributed by atoms with Crippen LogP contribution < -0.4 is 16.0 Å². The Hall–Kier alpha value is -1.82. The number of halogens is 2. The Morgan fingerprint density at radius 2 is 2.26 bits per heavy atom. The lowest BCUT2D eigenvalue weighted by Crippen LogP contribution is -2.51. The standard InChI is InChI=1S/C12H13ClFN3O2/c13-7-3-4-9(8(14)6-7)16-12(19)17-10-2-1-5-15-11(10)18/h3-4,6,10H,1-2,5H2,(H,15,18)(H2,16,17,19)/t10-/m1/s1. The molecule has 3 amide bonds. The van der Waals surface area contributed by atoms with Gasteiger partial charge >= 0.3 is 6.03 Å². The molecule has 7 heteroatoms. The maximum atomic E-state index is 13.5. The second-order valence-corrected chi connectivity index (χ2v) is 4.64. The molecule has 1 aromatic rings. The van der Waals surface area contributed by atoms with Gasteiger partial charge in [0.2, 0.25) is 5.91 Å². The Kier molecular flexibility index (Phi) is 4.21. The molecule has 1 aliphatic heterocycles. The Balaban J connectivity index is 1.95. The first-order valence-electron chi connectivity index (χ1n) is 5.86. The molecule has 0 radical (unpaired) electrons. The van der Waals surface area contributed by atoms with E-state index in [4.69, 9.17) is 11.6 Å². The highest BCUT2D eigenvalue weighted by Gasteiger charge is 2.23. The van der Waals surface area contributed by atoms with E-state index in [1.54, 1.807) is 0 Å². The number of benzene rings is 1. The number of carbonyl (C=O) groups excluding carboxylic acids is 2. The van der Waals surface area contributed by atoms with Crippen molar-refractivity contribution in [1.29, 1.82) is 0 Å². The van der Waals surface area contributed by atoms with Crippen LogP contribution in [-0.4, -0.2) is 24.5 Å². The molecule has 0 unspecified atom stereocenters. The van der Waals surface area contributed by atoms with Gasteiger partial charge in [-0.05, 0) is 31.0 Å². The first-order valence-corrected chi connectivity index (χ1v) is 6.24. The minimum absolute atomic E-state index is 0.0121. The van der Waals surface area contributed by atoms with Crippen molar-refractivity contribution in [2.75, 3.05) is 11.9 Å². The lowest BCUT2D eigenvalue weighted by Gasteiger charge is -2.22. The zero-order chi connectivity index (χ0) is 13.8. The van der Waals surface area contributed by atoms with Crippen LogP contribution in [-0.2, 0) is 4.79 Å². The van der Waals surface area contributed by atoms with E-state index in [0.717, 1.165) is 12.5 Å². The van der Waals surface area contributed by atoms with Crippen LogP contribution in [0.3, 0.4) is 0 Å². The van der Waals surface area contributed by atoms with E-state index < -0.39 is 17.9 Å². The molecule has 0 saturated carbocycles. The van der Waals surface area contributed by atoms with E-state index in [0.29, 0.717) is 13.0 Å². The van der Waals surface area contributed by atoms with Gasteiger partial charge in [-0.1, -0.05) is 11.6 Å². The van der Waals surface area contributed by atoms with Gasteiger partial charge in [0.25, 0.3) is 0 Å². The molecule has 0 aliphatic carbocycles. The van der Waals surface area contributed by atoms with Crippen LogP contribution in [0.1, 0.15) is 12.8 Å². The summed E-state index contributed by atoms with van der Waals surface area (Å²) in [5, 5.41) is 7.73. The molecule has 102 valence electrons. The summed E-state index contributed by atoms with van der Waals surface area (Å²) in [4.78, 5) is 23.1. The quantitative estimate of drug-likeness (QED) is 0.776. The van der Waals surface area contributed by atoms with Crippen molar-refractivity contribution >= 4 is 29.2 Å². The number of hydrogen-bond donors (Lipinski definition) is 3.